The lowest BCUT2D eigenvalue weighted by Crippen LogP contribution is -2.51. The van der Waals surface area contributed by atoms with Gasteiger partial charge in [0.15, 0.2) is 0 Å². The van der Waals surface area contributed by atoms with E-state index in [2.05, 4.69) is 15.1 Å². The summed E-state index contributed by atoms with van der Waals surface area (Å²) in [7, 11) is 1.58. The SMILES string of the molecule is COC(=O)CCN1CC23c4c5c6c7c8c9c%10c%11c%12c%13c%14c(c-5c5c%15c%16c(c%17c%18c2c2c4c7c4c8c7c%10c8c%10c%11c%11c%13c(c%14%15)c%13c%16c%14c%17c%15c%18c%16c2c4c2c7c8c4c(c%162)c%15c2c%14c%13c%11c%10c24)C53C1)C61CN(CCNC(=O)OC(C)(C)C)CC9%121. The summed E-state index contributed by atoms with van der Waals surface area (Å²) < 4.78 is 11.5. The van der Waals surface area contributed by atoms with Crippen LogP contribution in [0.4, 0.5) is 4.79 Å². The van der Waals surface area contributed by atoms with Crippen LogP contribution in [0.2, 0.25) is 0 Å². The van der Waals surface area contributed by atoms with Crippen molar-refractivity contribution in [1.82, 2.24) is 15.1 Å². The maximum absolute atomic E-state index is 13.7. The first-order chi connectivity index (χ1) is 40.2. The minimum atomic E-state index is -0.571. The molecule has 4 spiro atoms. The second-order valence-electron chi connectivity index (χ2n) is 30.8. The molecule has 7 nitrogen and oxygen atoms in total. The van der Waals surface area contributed by atoms with Crippen molar-refractivity contribution in [3.63, 3.8) is 0 Å². The van der Waals surface area contributed by atoms with Crippen LogP contribution in [0.3, 0.4) is 0 Å². The zero-order valence-electron chi connectivity index (χ0n) is 44.2. The molecular weight excluding hydrogens is 1010 g/mol. The van der Waals surface area contributed by atoms with Crippen molar-refractivity contribution in [2.24, 2.45) is 0 Å². The van der Waals surface area contributed by atoms with Crippen LogP contribution in [0.25, 0.3) is 259 Å². The summed E-state index contributed by atoms with van der Waals surface area (Å²) >= 11 is 0. The molecule has 2 saturated heterocycles. The molecule has 8 aliphatic carbocycles. The fourth-order valence-electron chi connectivity index (χ4n) is 28.5. The van der Waals surface area contributed by atoms with E-state index < -0.39 is 5.60 Å². The highest BCUT2D eigenvalue weighted by Gasteiger charge is 2.79. The number of ether oxygens (including phenoxy) is 2. The standard InChI is InChI=1S/C75H29N3O4/c1-71(2,3)82-70(80)76-6-8-78-11-72-62-48-38-27-18-14-15-17-22-16(14)23-20-25(18)33(38)44-36-29(20)40-31(23)42-35(22)43-32-24(17)21-26-19(15)28(27)39-34(26)45-37-30(21)41(32)53-57-47(37)59(55(45)63(72)49(39)48)69-61-60-66-56(46(36)58(54(44)62)68(60)75(69,72)12-78)52(40)64-50(42)51(43)65(53)74(67(57)61)10-77(9-73(64,66)74)7-5-13(79)81-4/h5-12H2,1-4H3,(H,76,80). The number of amides is 1. The Morgan fingerprint density at radius 1 is 0.354 bits per heavy atom. The van der Waals surface area contributed by atoms with Gasteiger partial charge >= 0.3 is 12.1 Å². The number of rotatable bonds is 6. The predicted octanol–water partition coefficient (Wildman–Crippen LogP) is 15.5. The van der Waals surface area contributed by atoms with E-state index >= 15 is 0 Å². The van der Waals surface area contributed by atoms with Gasteiger partial charge in [-0.25, -0.2) is 4.79 Å². The molecule has 34 rings (SSSR count). The molecule has 0 saturated carbocycles. The van der Waals surface area contributed by atoms with Gasteiger partial charge in [0.05, 0.1) is 35.2 Å². The molecule has 0 aromatic heterocycles. The monoisotopic (exact) mass is 1040 g/mol. The van der Waals surface area contributed by atoms with Crippen molar-refractivity contribution < 1.29 is 19.1 Å². The highest BCUT2D eigenvalue weighted by Crippen LogP contribution is 2.89. The van der Waals surface area contributed by atoms with Crippen LogP contribution in [0, 0.1) is 0 Å². The van der Waals surface area contributed by atoms with Crippen LogP contribution in [0.15, 0.2) is 0 Å². The molecule has 2 unspecified atom stereocenters. The molecule has 24 aromatic rings. The van der Waals surface area contributed by atoms with E-state index in [1.165, 1.54) is 0 Å². The van der Waals surface area contributed by atoms with Gasteiger partial charge in [-0.15, -0.1) is 0 Å². The third-order valence-corrected chi connectivity index (χ3v) is 28.7. The highest BCUT2D eigenvalue weighted by molar-refractivity contribution is 6.79. The Morgan fingerprint density at radius 3 is 0.841 bits per heavy atom. The zero-order valence-corrected chi connectivity index (χ0v) is 44.2. The van der Waals surface area contributed by atoms with Crippen molar-refractivity contribution in [2.45, 2.75) is 54.5 Å². The minimum absolute atomic E-state index is 0.107. The van der Waals surface area contributed by atoms with Crippen LogP contribution in [-0.2, 0) is 35.9 Å². The van der Waals surface area contributed by atoms with Crippen molar-refractivity contribution in [1.29, 1.82) is 0 Å². The average molecular weight is 1040 g/mol. The molecule has 2 aliphatic heterocycles. The Hall–Kier alpha value is -8.62. The van der Waals surface area contributed by atoms with E-state index in [1.54, 1.807) is 311 Å². The predicted molar refractivity (Wildman–Crippen MR) is 330 cm³/mol. The van der Waals surface area contributed by atoms with E-state index in [0.717, 1.165) is 32.7 Å². The van der Waals surface area contributed by atoms with Gasteiger partial charge in [-0.05, 0) is 324 Å². The number of benzene rings is 16. The summed E-state index contributed by atoms with van der Waals surface area (Å²) in [6.07, 6.45) is 0.0737. The van der Waals surface area contributed by atoms with Gasteiger partial charge in [-0.3, -0.25) is 9.69 Å². The molecule has 24 aromatic carbocycles. The molecule has 2 fully saturated rings. The summed E-state index contributed by atoms with van der Waals surface area (Å²) in [5, 5.41) is 77.9. The number of hydrogen-bond donors (Lipinski definition) is 1. The van der Waals surface area contributed by atoms with Gasteiger partial charge in [0.2, 0.25) is 0 Å². The molecule has 7 heteroatoms. The molecule has 10 aliphatic rings. The number of carbonyl (C=O) groups is 2. The number of likely N-dealkylation sites (tertiary alicyclic amines) is 2. The maximum atomic E-state index is 13.7. The topological polar surface area (TPSA) is 71.1 Å². The van der Waals surface area contributed by atoms with E-state index in [1.807, 2.05) is 20.8 Å². The highest BCUT2D eigenvalue weighted by atomic mass is 16.6. The number of carbonyl (C=O) groups excluding carboxylic acids is 2. The molecule has 1 amide bonds. The lowest BCUT2D eigenvalue weighted by Gasteiger charge is -2.50. The summed E-state index contributed by atoms with van der Waals surface area (Å²) in [6, 6.07) is 0. The van der Waals surface area contributed by atoms with Gasteiger partial charge in [0, 0.05) is 45.8 Å². The van der Waals surface area contributed by atoms with Crippen molar-refractivity contribution in [3.05, 3.63) is 44.5 Å². The fourth-order valence-corrected chi connectivity index (χ4v) is 28.5. The maximum Gasteiger partial charge on any atom is 0.407 e. The number of esters is 1. The number of nitrogens with one attached hydrogen (secondary N) is 1. The Bertz CT molecular complexity index is 7210. The van der Waals surface area contributed by atoms with E-state index in [4.69, 9.17) is 9.47 Å². The molecule has 0 bridgehead atoms. The second kappa shape index (κ2) is 8.18. The van der Waals surface area contributed by atoms with Gasteiger partial charge < -0.3 is 19.7 Å². The molecular formula is C75H29N3O4. The molecule has 0 radical (unpaired) electrons. The molecule has 82 heavy (non-hydrogen) atoms. The van der Waals surface area contributed by atoms with Crippen molar-refractivity contribution in [2.75, 3.05) is 52.9 Å². The first-order valence-corrected chi connectivity index (χ1v) is 30.7. The van der Waals surface area contributed by atoms with Crippen LogP contribution in [-0.4, -0.2) is 80.4 Å². The average Bonchev–Trinajstić information content (AvgIpc) is 1.38. The van der Waals surface area contributed by atoms with Crippen LogP contribution in [0.5, 0.6) is 0 Å². The van der Waals surface area contributed by atoms with Crippen molar-refractivity contribution >= 4 is 260 Å². The quantitative estimate of drug-likeness (QED) is 0.132. The second-order valence-corrected chi connectivity index (χ2v) is 30.8. The van der Waals surface area contributed by atoms with Crippen LogP contribution < -0.4 is 5.32 Å². The Morgan fingerprint density at radius 2 is 0.573 bits per heavy atom. The third-order valence-electron chi connectivity index (χ3n) is 28.7. The molecule has 2 heterocycles. The third kappa shape index (κ3) is 2.05. The lowest BCUT2D eigenvalue weighted by atomic mass is 9.49. The van der Waals surface area contributed by atoms with Gasteiger partial charge in [-0.2, -0.15) is 0 Å². The van der Waals surface area contributed by atoms with E-state index in [0.29, 0.717) is 19.5 Å². The summed E-state index contributed by atoms with van der Waals surface area (Å²) in [5.41, 5.74) is 14.9. The number of methoxy groups -OCH3 is 1. The van der Waals surface area contributed by atoms with Crippen LogP contribution >= 0.6 is 0 Å². The first kappa shape index (κ1) is 34.6. The van der Waals surface area contributed by atoms with Gasteiger partial charge in [-0.1, -0.05) is 0 Å². The van der Waals surface area contributed by atoms with Gasteiger partial charge in [0.1, 0.15) is 5.60 Å². The number of hydrogen-bond acceptors (Lipinski definition) is 6. The Balaban J connectivity index is 0.960. The molecule has 2 atom stereocenters. The Kier molecular flexibility index (Phi) is 3.45. The van der Waals surface area contributed by atoms with E-state index in [-0.39, 0.29) is 33.7 Å². The van der Waals surface area contributed by atoms with Crippen LogP contribution in [0.1, 0.15) is 71.7 Å². The zero-order chi connectivity index (χ0) is 50.9. The lowest BCUT2D eigenvalue weighted by molar-refractivity contribution is -0.140. The van der Waals surface area contributed by atoms with E-state index in [9.17, 15) is 9.59 Å². The summed E-state index contributed by atoms with van der Waals surface area (Å²) in [4.78, 5) is 32.9. The summed E-state index contributed by atoms with van der Waals surface area (Å²) in [6.45, 7) is 11.6. The largest absolute Gasteiger partial charge is 0.469 e. The smallest absolute Gasteiger partial charge is 0.407 e. The number of alkyl carbamates (subject to hydrolysis) is 1. The van der Waals surface area contributed by atoms with Gasteiger partial charge in [0.25, 0.3) is 0 Å². The summed E-state index contributed by atoms with van der Waals surface area (Å²) in [5.74, 6) is -0.107. The Labute approximate surface area is 454 Å². The molecule has 368 valence electrons. The normalized spacial score (nSPS) is 26.2. The first-order valence-electron chi connectivity index (χ1n) is 30.7. The van der Waals surface area contributed by atoms with Crippen molar-refractivity contribution in [3.8, 4) is 11.1 Å². The molecule has 1 N–H and O–H groups in total. The number of nitrogens with zero attached hydrogens (tertiary/aromatic N) is 2. The fraction of sp³-hybridized carbons (Fsp3) is 0.227. The minimum Gasteiger partial charge on any atom is -0.469 e.